The number of rotatable bonds is 11. The second-order valence-corrected chi connectivity index (χ2v) is 6.85. The van der Waals surface area contributed by atoms with Gasteiger partial charge in [0.05, 0.1) is 7.11 Å². The van der Waals surface area contributed by atoms with E-state index in [0.717, 1.165) is 16.8 Å². The molecule has 0 fully saturated rings. The highest BCUT2D eigenvalue weighted by Gasteiger charge is 2.29. The van der Waals surface area contributed by atoms with E-state index in [0.29, 0.717) is 31.3 Å². The van der Waals surface area contributed by atoms with Crippen LogP contribution in [0.5, 0.6) is 0 Å². The second-order valence-electron chi connectivity index (χ2n) is 6.10. The van der Waals surface area contributed by atoms with Gasteiger partial charge in [-0.05, 0) is 43.4 Å². The van der Waals surface area contributed by atoms with Gasteiger partial charge < -0.3 is 25.0 Å². The van der Waals surface area contributed by atoms with Crippen LogP contribution in [0.4, 0.5) is 5.69 Å². The van der Waals surface area contributed by atoms with Crippen molar-refractivity contribution in [3.63, 3.8) is 0 Å². The van der Waals surface area contributed by atoms with Crippen LogP contribution in [0.2, 0.25) is 6.82 Å². The van der Waals surface area contributed by atoms with Gasteiger partial charge in [-0.1, -0.05) is 6.07 Å². The summed E-state index contributed by atoms with van der Waals surface area (Å²) in [7, 11) is 0.333. The van der Waals surface area contributed by atoms with Crippen molar-refractivity contribution < 1.29 is 19.7 Å². The largest absolute Gasteiger partial charge is 0.467 e. The van der Waals surface area contributed by atoms with Crippen molar-refractivity contribution in [3.05, 3.63) is 29.3 Å². The number of methoxy groups -OCH3 is 1. The molecule has 0 bridgehead atoms. The number of carbonyl (C=O) groups is 1. The SMILES string of the molecule is COC(=O)C(O)[C@H](Cc1cc(N(CCCl)CCCl)ccc1C)NB(C)O. The van der Waals surface area contributed by atoms with Gasteiger partial charge in [0.15, 0.2) is 6.10 Å². The monoisotopic (exact) mass is 404 g/mol. The molecule has 1 rings (SSSR count). The molecular weight excluding hydrogens is 378 g/mol. The van der Waals surface area contributed by atoms with Gasteiger partial charge in [-0.15, -0.1) is 23.2 Å². The first-order valence-electron chi connectivity index (χ1n) is 8.50. The van der Waals surface area contributed by atoms with E-state index in [9.17, 15) is 14.9 Å². The number of aliphatic hydroxyl groups is 1. The van der Waals surface area contributed by atoms with Crippen LogP contribution in [0.25, 0.3) is 0 Å². The molecule has 0 aliphatic rings. The van der Waals surface area contributed by atoms with E-state index in [1.54, 1.807) is 0 Å². The molecule has 0 radical (unpaired) electrons. The number of esters is 1. The van der Waals surface area contributed by atoms with Gasteiger partial charge in [0.25, 0.3) is 0 Å². The number of halogens is 2. The zero-order chi connectivity index (χ0) is 19.7. The minimum Gasteiger partial charge on any atom is -0.467 e. The van der Waals surface area contributed by atoms with E-state index in [-0.39, 0.29) is 0 Å². The Bertz CT molecular complexity index is 572. The lowest BCUT2D eigenvalue weighted by Crippen LogP contribution is -2.51. The molecule has 9 heteroatoms. The van der Waals surface area contributed by atoms with Crippen molar-refractivity contribution in [3.8, 4) is 0 Å². The summed E-state index contributed by atoms with van der Waals surface area (Å²) in [6.07, 6.45) is -1.05. The highest BCUT2D eigenvalue weighted by molar-refractivity contribution is 6.45. The lowest BCUT2D eigenvalue weighted by Gasteiger charge is -2.26. The van der Waals surface area contributed by atoms with Gasteiger partial charge in [0, 0.05) is 36.6 Å². The fourth-order valence-electron chi connectivity index (χ4n) is 2.74. The zero-order valence-electron chi connectivity index (χ0n) is 15.4. The lowest BCUT2D eigenvalue weighted by molar-refractivity contribution is -0.151. The molecule has 2 atom stereocenters. The van der Waals surface area contributed by atoms with E-state index in [4.69, 9.17) is 23.2 Å². The Hall–Kier alpha value is -0.985. The number of nitrogens with one attached hydrogen (secondary N) is 1. The molecule has 0 spiro atoms. The maximum Gasteiger partial charge on any atom is 0.373 e. The molecular formula is C17H27BCl2N2O4. The van der Waals surface area contributed by atoms with E-state index in [1.165, 1.54) is 13.9 Å². The van der Waals surface area contributed by atoms with Crippen LogP contribution in [-0.2, 0) is 16.0 Å². The molecule has 3 N–H and O–H groups in total. The van der Waals surface area contributed by atoms with E-state index in [2.05, 4.69) is 14.9 Å². The summed E-state index contributed by atoms with van der Waals surface area (Å²) in [5.74, 6) is 0.212. The standard InChI is InChI=1S/C17H27BCl2N2O4/c1-12-4-5-14(22(8-6-19)9-7-20)10-13(12)11-15(21-18(2)25)16(23)17(24)26-3/h4-5,10,15-16,21,23,25H,6-9,11H2,1-3H3/t15-,16?/m0/s1. The Kier molecular flexibility index (Phi) is 10.3. The van der Waals surface area contributed by atoms with Crippen molar-refractivity contribution in [1.29, 1.82) is 0 Å². The number of hydrogen-bond acceptors (Lipinski definition) is 6. The van der Waals surface area contributed by atoms with Crippen LogP contribution in [0.3, 0.4) is 0 Å². The molecule has 146 valence electrons. The summed E-state index contributed by atoms with van der Waals surface area (Å²) in [4.78, 5) is 13.8. The van der Waals surface area contributed by atoms with Crippen molar-refractivity contribution in [2.24, 2.45) is 0 Å². The average Bonchev–Trinajstić information content (AvgIpc) is 2.61. The predicted molar refractivity (Wildman–Crippen MR) is 107 cm³/mol. The summed E-state index contributed by atoms with van der Waals surface area (Å²) in [6.45, 7) is 4.81. The summed E-state index contributed by atoms with van der Waals surface area (Å²) < 4.78 is 4.62. The highest BCUT2D eigenvalue weighted by Crippen LogP contribution is 2.22. The number of ether oxygens (including phenoxy) is 1. The molecule has 0 aliphatic heterocycles. The Labute approximate surface area is 165 Å². The van der Waals surface area contributed by atoms with Gasteiger partial charge in [-0.25, -0.2) is 4.79 Å². The molecule has 0 saturated heterocycles. The smallest absolute Gasteiger partial charge is 0.373 e. The average molecular weight is 405 g/mol. The maximum absolute atomic E-state index is 11.7. The Morgan fingerprint density at radius 2 is 1.96 bits per heavy atom. The van der Waals surface area contributed by atoms with E-state index < -0.39 is 25.2 Å². The van der Waals surface area contributed by atoms with Crippen LogP contribution >= 0.6 is 23.2 Å². The second kappa shape index (κ2) is 11.7. The number of nitrogens with zero attached hydrogens (tertiary/aromatic N) is 1. The highest BCUT2D eigenvalue weighted by atomic mass is 35.5. The number of alkyl halides is 2. The molecule has 0 heterocycles. The molecule has 0 saturated carbocycles. The third kappa shape index (κ3) is 6.97. The van der Waals surface area contributed by atoms with E-state index >= 15 is 0 Å². The number of hydrogen-bond donors (Lipinski definition) is 3. The molecule has 26 heavy (non-hydrogen) atoms. The fraction of sp³-hybridized carbons (Fsp3) is 0.588. The Morgan fingerprint density at radius 1 is 1.35 bits per heavy atom. The fourth-order valence-corrected chi connectivity index (χ4v) is 3.15. The minimum absolute atomic E-state index is 0.344. The summed E-state index contributed by atoms with van der Waals surface area (Å²) in [6, 6.07) is 5.27. The van der Waals surface area contributed by atoms with Crippen molar-refractivity contribution in [2.75, 3.05) is 36.9 Å². The number of benzene rings is 1. The Morgan fingerprint density at radius 3 is 2.46 bits per heavy atom. The van der Waals surface area contributed by atoms with Gasteiger partial charge in [0.2, 0.25) is 0 Å². The number of aliphatic hydroxyl groups excluding tert-OH is 1. The molecule has 0 amide bonds. The topological polar surface area (TPSA) is 82.0 Å². The van der Waals surface area contributed by atoms with Crippen LogP contribution in [0.1, 0.15) is 11.1 Å². The molecule has 0 aliphatic carbocycles. The van der Waals surface area contributed by atoms with Gasteiger partial charge in [-0.2, -0.15) is 0 Å². The van der Waals surface area contributed by atoms with Gasteiger partial charge >= 0.3 is 13.0 Å². The first-order valence-corrected chi connectivity index (χ1v) is 9.57. The predicted octanol–water partition coefficient (Wildman–Crippen LogP) is 1.42. The molecule has 1 unspecified atom stereocenters. The van der Waals surface area contributed by atoms with Crippen LogP contribution < -0.4 is 10.1 Å². The molecule has 0 aromatic heterocycles. The maximum atomic E-state index is 11.7. The quantitative estimate of drug-likeness (QED) is 0.294. The van der Waals surface area contributed by atoms with Gasteiger partial charge in [0.1, 0.15) is 0 Å². The van der Waals surface area contributed by atoms with E-state index in [1.807, 2.05) is 25.1 Å². The van der Waals surface area contributed by atoms with Crippen LogP contribution in [-0.4, -0.2) is 67.3 Å². The number of aryl methyl sites for hydroxylation is 1. The first-order chi connectivity index (χ1) is 12.3. The first kappa shape index (κ1) is 23.1. The molecule has 1 aromatic carbocycles. The number of carbonyl (C=O) groups excluding carboxylic acids is 1. The third-order valence-corrected chi connectivity index (χ3v) is 4.46. The van der Waals surface area contributed by atoms with Crippen molar-refractivity contribution >= 4 is 41.9 Å². The summed E-state index contributed by atoms with van der Waals surface area (Å²) in [5.41, 5.74) is 2.92. The van der Waals surface area contributed by atoms with Crippen LogP contribution in [0, 0.1) is 6.92 Å². The van der Waals surface area contributed by atoms with Crippen LogP contribution in [0.15, 0.2) is 18.2 Å². The summed E-state index contributed by atoms with van der Waals surface area (Å²) >= 11 is 11.8. The molecule has 6 nitrogen and oxygen atoms in total. The lowest BCUT2D eigenvalue weighted by atomic mass is 9.84. The zero-order valence-corrected chi connectivity index (χ0v) is 16.9. The number of anilines is 1. The van der Waals surface area contributed by atoms with Gasteiger partial charge in [-0.3, -0.25) is 0 Å². The van der Waals surface area contributed by atoms with Crippen molar-refractivity contribution in [1.82, 2.24) is 5.23 Å². The van der Waals surface area contributed by atoms with Crippen molar-refractivity contribution in [2.45, 2.75) is 32.3 Å². The summed E-state index contributed by atoms with van der Waals surface area (Å²) in [5, 5.41) is 22.7. The molecule has 1 aromatic rings. The third-order valence-electron chi connectivity index (χ3n) is 4.13. The minimum atomic E-state index is -1.39. The normalized spacial score (nSPS) is 13.2. The Balaban J connectivity index is 3.09.